The summed E-state index contributed by atoms with van der Waals surface area (Å²) in [4.78, 5) is 26.0. The fourth-order valence-electron chi connectivity index (χ4n) is 3.40. The summed E-state index contributed by atoms with van der Waals surface area (Å²) in [5.74, 6) is -3.07. The van der Waals surface area contributed by atoms with Crippen molar-refractivity contribution in [1.82, 2.24) is 20.0 Å². The van der Waals surface area contributed by atoms with Gasteiger partial charge in [-0.1, -0.05) is 0 Å². The number of carbonyl (C=O) groups excluding carboxylic acids is 2. The van der Waals surface area contributed by atoms with Crippen LogP contribution in [0, 0.1) is 11.6 Å². The summed E-state index contributed by atoms with van der Waals surface area (Å²) in [6.45, 7) is 0.285. The number of halogens is 5. The number of aromatic nitrogens is 2. The normalized spacial score (nSPS) is 18.7. The second kappa shape index (κ2) is 6.71. The summed E-state index contributed by atoms with van der Waals surface area (Å²) in [5, 5.41) is 8.46. The molecule has 1 atom stereocenters. The molecule has 7 nitrogen and oxygen atoms in total. The molecule has 2 aliphatic heterocycles. The van der Waals surface area contributed by atoms with E-state index in [0.29, 0.717) is 5.69 Å². The second-order valence-corrected chi connectivity index (χ2v) is 6.74. The van der Waals surface area contributed by atoms with Crippen molar-refractivity contribution in [3.8, 4) is 0 Å². The quantitative estimate of drug-likeness (QED) is 0.703. The van der Waals surface area contributed by atoms with Gasteiger partial charge < -0.3 is 15.5 Å². The average molecular weight is 415 g/mol. The lowest BCUT2D eigenvalue weighted by Crippen LogP contribution is -2.50. The van der Waals surface area contributed by atoms with E-state index in [1.807, 2.05) is 5.32 Å². The molecule has 0 spiro atoms. The van der Waals surface area contributed by atoms with E-state index in [9.17, 15) is 31.5 Å². The average Bonchev–Trinajstić information content (AvgIpc) is 3.02. The number of benzene rings is 1. The number of rotatable bonds is 1. The van der Waals surface area contributed by atoms with Crippen LogP contribution in [0.1, 0.15) is 21.7 Å². The zero-order chi connectivity index (χ0) is 20.9. The number of anilines is 1. The van der Waals surface area contributed by atoms with Crippen molar-refractivity contribution in [1.29, 1.82) is 0 Å². The Morgan fingerprint density at radius 2 is 1.97 bits per heavy atom. The van der Waals surface area contributed by atoms with Gasteiger partial charge in [0.25, 0.3) is 5.91 Å². The maximum Gasteiger partial charge on any atom is 0.409 e. The first-order chi connectivity index (χ1) is 13.6. The molecule has 0 aliphatic carbocycles. The van der Waals surface area contributed by atoms with Crippen molar-refractivity contribution in [3.05, 3.63) is 46.8 Å². The molecule has 12 heteroatoms. The van der Waals surface area contributed by atoms with Crippen molar-refractivity contribution < 1.29 is 31.5 Å². The van der Waals surface area contributed by atoms with Gasteiger partial charge in [-0.3, -0.25) is 9.48 Å². The van der Waals surface area contributed by atoms with Gasteiger partial charge in [0.2, 0.25) is 0 Å². The number of urea groups is 1. The predicted octanol–water partition coefficient (Wildman–Crippen LogP) is 2.43. The van der Waals surface area contributed by atoms with Crippen LogP contribution >= 0.6 is 0 Å². The highest BCUT2D eigenvalue weighted by Crippen LogP contribution is 2.30. The monoisotopic (exact) mass is 415 g/mol. The molecule has 0 bridgehead atoms. The minimum absolute atomic E-state index is 0.0361. The van der Waals surface area contributed by atoms with Gasteiger partial charge in [0.05, 0.1) is 30.0 Å². The van der Waals surface area contributed by atoms with E-state index in [1.165, 1.54) is 15.6 Å². The number of alkyl halides is 3. The highest BCUT2D eigenvalue weighted by atomic mass is 19.4. The van der Waals surface area contributed by atoms with Crippen LogP contribution in [0.4, 0.5) is 32.4 Å². The molecule has 3 heterocycles. The Bertz CT molecular complexity index is 1000. The molecule has 1 aromatic carbocycles. The van der Waals surface area contributed by atoms with Gasteiger partial charge in [-0.15, -0.1) is 0 Å². The number of amides is 3. The van der Waals surface area contributed by atoms with Crippen LogP contribution in [0.3, 0.4) is 0 Å². The van der Waals surface area contributed by atoms with Crippen molar-refractivity contribution in [2.75, 3.05) is 11.9 Å². The standard InChI is InChI=1S/C17H14F5N5O2/c18-9-2-1-8(5-10(9)19)23-16(29)26-3-4-27-12(7-26)14-11(25-27)6-13(17(20,21)22)24-15(14)28/h1-2,5,13H,3-4,6-7H2,(H,23,29)(H,24,28)/t13-/m1/s1. The van der Waals surface area contributed by atoms with E-state index in [-0.39, 0.29) is 36.6 Å². The molecule has 3 amide bonds. The molecule has 4 rings (SSSR count). The van der Waals surface area contributed by atoms with E-state index in [4.69, 9.17) is 0 Å². The van der Waals surface area contributed by atoms with Gasteiger partial charge >= 0.3 is 12.2 Å². The van der Waals surface area contributed by atoms with Crippen molar-refractivity contribution in [3.63, 3.8) is 0 Å². The number of carbonyl (C=O) groups is 2. The third kappa shape index (κ3) is 3.49. The van der Waals surface area contributed by atoms with Gasteiger partial charge in [0.1, 0.15) is 6.04 Å². The van der Waals surface area contributed by atoms with Gasteiger partial charge in [0, 0.05) is 24.7 Å². The van der Waals surface area contributed by atoms with E-state index in [1.54, 1.807) is 0 Å². The number of hydrogen-bond acceptors (Lipinski definition) is 3. The maximum atomic E-state index is 13.3. The van der Waals surface area contributed by atoms with Gasteiger partial charge in [-0.05, 0) is 12.1 Å². The molecule has 29 heavy (non-hydrogen) atoms. The Morgan fingerprint density at radius 3 is 2.66 bits per heavy atom. The SMILES string of the molecule is O=C1N[C@@H](C(F)(F)F)Cc2nn3c(c21)CN(C(=O)Nc1ccc(F)c(F)c1)CC3. The predicted molar refractivity (Wildman–Crippen MR) is 89.0 cm³/mol. The smallest absolute Gasteiger partial charge is 0.340 e. The van der Waals surface area contributed by atoms with Crippen LogP contribution in [0.2, 0.25) is 0 Å². The maximum absolute atomic E-state index is 13.3. The summed E-state index contributed by atoms with van der Waals surface area (Å²) in [7, 11) is 0. The Hall–Kier alpha value is -3.18. The van der Waals surface area contributed by atoms with Crippen LogP contribution in [-0.2, 0) is 19.5 Å². The molecule has 0 fully saturated rings. The highest BCUT2D eigenvalue weighted by molar-refractivity contribution is 5.98. The third-order valence-corrected chi connectivity index (χ3v) is 4.84. The number of nitrogens with zero attached hydrogens (tertiary/aromatic N) is 3. The summed E-state index contributed by atoms with van der Waals surface area (Å²) in [6, 6.07) is 0.257. The van der Waals surface area contributed by atoms with Crippen LogP contribution in [0.5, 0.6) is 0 Å². The van der Waals surface area contributed by atoms with Crippen LogP contribution in [0.15, 0.2) is 18.2 Å². The molecule has 154 valence electrons. The van der Waals surface area contributed by atoms with Crippen molar-refractivity contribution >= 4 is 17.6 Å². The number of fused-ring (bicyclic) bond motifs is 3. The van der Waals surface area contributed by atoms with E-state index >= 15 is 0 Å². The first-order valence-corrected chi connectivity index (χ1v) is 8.60. The fraction of sp³-hybridized carbons (Fsp3) is 0.353. The second-order valence-electron chi connectivity index (χ2n) is 6.74. The third-order valence-electron chi connectivity index (χ3n) is 4.84. The Morgan fingerprint density at radius 1 is 1.21 bits per heavy atom. The molecular weight excluding hydrogens is 401 g/mol. The first kappa shape index (κ1) is 19.2. The molecule has 1 aromatic heterocycles. The summed E-state index contributed by atoms with van der Waals surface area (Å²) in [6.07, 6.45) is -5.07. The minimum Gasteiger partial charge on any atom is -0.340 e. The highest BCUT2D eigenvalue weighted by Gasteiger charge is 2.46. The molecule has 0 radical (unpaired) electrons. The van der Waals surface area contributed by atoms with Crippen molar-refractivity contribution in [2.24, 2.45) is 0 Å². The molecule has 0 saturated carbocycles. The van der Waals surface area contributed by atoms with Crippen LogP contribution < -0.4 is 10.6 Å². The van der Waals surface area contributed by atoms with E-state index in [0.717, 1.165) is 12.1 Å². The number of hydrogen-bond donors (Lipinski definition) is 2. The number of nitrogens with one attached hydrogen (secondary N) is 2. The van der Waals surface area contributed by atoms with Gasteiger partial charge in [0.15, 0.2) is 11.6 Å². The molecule has 2 N–H and O–H groups in total. The molecule has 0 unspecified atom stereocenters. The Kier molecular flexibility index (Phi) is 4.43. The topological polar surface area (TPSA) is 79.3 Å². The summed E-state index contributed by atoms with van der Waals surface area (Å²) in [5.41, 5.74) is 0.440. The lowest BCUT2D eigenvalue weighted by atomic mass is 9.99. The zero-order valence-electron chi connectivity index (χ0n) is 14.7. The molecule has 0 saturated heterocycles. The lowest BCUT2D eigenvalue weighted by molar-refractivity contribution is -0.154. The largest absolute Gasteiger partial charge is 0.409 e. The first-order valence-electron chi connectivity index (χ1n) is 8.60. The zero-order valence-corrected chi connectivity index (χ0v) is 14.7. The van der Waals surface area contributed by atoms with E-state index < -0.39 is 42.2 Å². The molecule has 2 aliphatic rings. The van der Waals surface area contributed by atoms with Gasteiger partial charge in [-0.2, -0.15) is 18.3 Å². The van der Waals surface area contributed by atoms with Crippen LogP contribution in [-0.4, -0.2) is 45.4 Å². The fourth-order valence-corrected chi connectivity index (χ4v) is 3.40. The summed E-state index contributed by atoms with van der Waals surface area (Å²) >= 11 is 0. The summed E-state index contributed by atoms with van der Waals surface area (Å²) < 4.78 is 66.6. The van der Waals surface area contributed by atoms with Crippen molar-refractivity contribution in [2.45, 2.75) is 31.7 Å². The van der Waals surface area contributed by atoms with E-state index in [2.05, 4.69) is 10.4 Å². The van der Waals surface area contributed by atoms with Gasteiger partial charge in [-0.25, -0.2) is 13.6 Å². The Balaban J connectivity index is 1.53. The lowest BCUT2D eigenvalue weighted by Gasteiger charge is -2.29. The molecule has 2 aromatic rings. The van der Waals surface area contributed by atoms with Crippen LogP contribution in [0.25, 0.3) is 0 Å². The Labute approximate surface area is 160 Å². The molecular formula is C17H14F5N5O2. The minimum atomic E-state index is -4.59.